The van der Waals surface area contributed by atoms with E-state index in [0.717, 1.165) is 0 Å². The third-order valence-corrected chi connectivity index (χ3v) is 6.35. The number of hydrogen-bond acceptors (Lipinski definition) is 5. The predicted molar refractivity (Wildman–Crippen MR) is 121 cm³/mol. The van der Waals surface area contributed by atoms with Crippen LogP contribution in [0.4, 0.5) is 26.3 Å². The Morgan fingerprint density at radius 2 is 1.34 bits per heavy atom. The summed E-state index contributed by atoms with van der Waals surface area (Å²) in [7, 11) is 0. The van der Waals surface area contributed by atoms with Crippen molar-refractivity contribution in [2.45, 2.75) is 30.8 Å². The number of carboxylic acid groups (broad SMARTS) is 1. The first-order chi connectivity index (χ1) is 15.8. The van der Waals surface area contributed by atoms with Gasteiger partial charge in [-0.3, -0.25) is 4.79 Å². The van der Waals surface area contributed by atoms with E-state index < -0.39 is 55.1 Å². The Kier molecular flexibility index (Phi) is 9.62. The average Bonchev–Trinajstić information content (AvgIpc) is 2.71. The van der Waals surface area contributed by atoms with Crippen molar-refractivity contribution >= 4 is 87.3 Å². The standard InChI is InChI=1S/C17H9Cl6F6N3O2S/c18-15(19,20)12-30-9(31-13(32-12)16(21,22)23)6-1-3-7(4-2-6)35-5-8(10(33)34)14(26,11(24)25)17(27,28)29/h1-4,8,11H,5H2,(H,33,34). The fraction of sp³-hybridized carbons (Fsp3) is 0.412. The molecule has 1 N–H and O–H groups in total. The third-order valence-electron chi connectivity index (χ3n) is 4.23. The molecule has 5 nitrogen and oxygen atoms in total. The van der Waals surface area contributed by atoms with Crippen LogP contribution in [0.3, 0.4) is 0 Å². The fourth-order valence-electron chi connectivity index (χ4n) is 2.48. The molecule has 2 unspecified atom stereocenters. The summed E-state index contributed by atoms with van der Waals surface area (Å²) in [6.07, 6.45) is -10.7. The SMILES string of the molecule is O=C(O)C(CSc1ccc(-c2nc(C(Cl)(Cl)Cl)nc(C(Cl)(Cl)Cl)n2)cc1)C(F)(C(F)F)C(F)(F)F. The maximum Gasteiger partial charge on any atom is 0.429 e. The molecule has 2 aromatic rings. The summed E-state index contributed by atoms with van der Waals surface area (Å²) in [6, 6.07) is 5.11. The van der Waals surface area contributed by atoms with Crippen molar-refractivity contribution in [3.05, 3.63) is 35.9 Å². The van der Waals surface area contributed by atoms with E-state index in [1.807, 2.05) is 0 Å². The van der Waals surface area contributed by atoms with Gasteiger partial charge < -0.3 is 5.11 Å². The first-order valence-electron chi connectivity index (χ1n) is 8.68. The molecule has 194 valence electrons. The number of alkyl halides is 12. The van der Waals surface area contributed by atoms with Crippen LogP contribution in [0, 0.1) is 5.92 Å². The number of carboxylic acids is 1. The smallest absolute Gasteiger partial charge is 0.429 e. The summed E-state index contributed by atoms with van der Waals surface area (Å²) in [5.74, 6) is -7.55. The monoisotopic (exact) mass is 643 g/mol. The molecule has 35 heavy (non-hydrogen) atoms. The van der Waals surface area contributed by atoms with E-state index in [1.54, 1.807) is 0 Å². The van der Waals surface area contributed by atoms with Crippen LogP contribution in [0.1, 0.15) is 11.6 Å². The maximum atomic E-state index is 14.2. The number of halogens is 12. The van der Waals surface area contributed by atoms with Gasteiger partial charge in [0.15, 0.2) is 17.5 Å². The highest BCUT2D eigenvalue weighted by atomic mass is 35.6. The van der Waals surface area contributed by atoms with Gasteiger partial charge in [-0.15, -0.1) is 11.8 Å². The van der Waals surface area contributed by atoms with Gasteiger partial charge in [-0.1, -0.05) is 81.7 Å². The van der Waals surface area contributed by atoms with E-state index in [-0.39, 0.29) is 16.3 Å². The van der Waals surface area contributed by atoms with Crippen LogP contribution in [0.2, 0.25) is 0 Å². The summed E-state index contributed by atoms with van der Waals surface area (Å²) < 4.78 is 74.7. The average molecular weight is 646 g/mol. The lowest BCUT2D eigenvalue weighted by atomic mass is 9.90. The van der Waals surface area contributed by atoms with Gasteiger partial charge in [0, 0.05) is 16.2 Å². The predicted octanol–water partition coefficient (Wildman–Crippen LogP) is 7.52. The quantitative estimate of drug-likeness (QED) is 0.191. The summed E-state index contributed by atoms with van der Waals surface area (Å²) in [4.78, 5) is 23.0. The van der Waals surface area contributed by atoms with Crippen LogP contribution in [-0.2, 0) is 12.4 Å². The number of aromatic nitrogens is 3. The molecule has 0 bridgehead atoms. The molecule has 0 aliphatic rings. The van der Waals surface area contributed by atoms with Crippen LogP contribution in [0.25, 0.3) is 11.4 Å². The Labute approximate surface area is 227 Å². The van der Waals surface area contributed by atoms with Crippen LogP contribution in [-0.4, -0.2) is 50.1 Å². The molecule has 0 amide bonds. The number of rotatable bonds is 7. The van der Waals surface area contributed by atoms with Crippen molar-refractivity contribution in [3.63, 3.8) is 0 Å². The normalized spacial score (nSPS) is 15.7. The highest BCUT2D eigenvalue weighted by molar-refractivity contribution is 7.99. The second-order valence-electron chi connectivity index (χ2n) is 6.59. The molecular formula is C17H9Cl6F6N3O2S. The number of carbonyl (C=O) groups is 1. The minimum absolute atomic E-state index is 0.107. The van der Waals surface area contributed by atoms with Crippen molar-refractivity contribution in [2.75, 3.05) is 5.75 Å². The van der Waals surface area contributed by atoms with Gasteiger partial charge in [-0.05, 0) is 12.1 Å². The van der Waals surface area contributed by atoms with Crippen molar-refractivity contribution in [3.8, 4) is 11.4 Å². The molecule has 0 aliphatic carbocycles. The molecule has 0 radical (unpaired) electrons. The van der Waals surface area contributed by atoms with E-state index in [4.69, 9.17) is 74.7 Å². The Morgan fingerprint density at radius 1 is 0.886 bits per heavy atom. The maximum absolute atomic E-state index is 14.2. The van der Waals surface area contributed by atoms with E-state index in [9.17, 15) is 31.1 Å². The number of thioether (sulfide) groups is 1. The molecule has 0 saturated heterocycles. The Morgan fingerprint density at radius 3 is 1.69 bits per heavy atom. The molecule has 1 aromatic heterocycles. The third kappa shape index (κ3) is 7.24. The molecule has 2 rings (SSSR count). The molecule has 0 aliphatic heterocycles. The Balaban J connectivity index is 2.35. The summed E-state index contributed by atoms with van der Waals surface area (Å²) in [5, 5.41) is 9.00. The van der Waals surface area contributed by atoms with E-state index in [2.05, 4.69) is 15.0 Å². The highest BCUT2D eigenvalue weighted by Crippen LogP contribution is 2.46. The second kappa shape index (κ2) is 11.0. The highest BCUT2D eigenvalue weighted by Gasteiger charge is 2.69. The second-order valence-corrected chi connectivity index (χ2v) is 12.3. The molecule has 1 aromatic carbocycles. The number of aliphatic carboxylic acids is 1. The van der Waals surface area contributed by atoms with Gasteiger partial charge in [0.25, 0.3) is 12.1 Å². The van der Waals surface area contributed by atoms with Gasteiger partial charge >= 0.3 is 12.1 Å². The van der Waals surface area contributed by atoms with Crippen LogP contribution >= 0.6 is 81.4 Å². The lowest BCUT2D eigenvalue weighted by molar-refractivity contribution is -0.283. The van der Waals surface area contributed by atoms with Gasteiger partial charge in [0.05, 0.1) is 0 Å². The van der Waals surface area contributed by atoms with Crippen LogP contribution in [0.5, 0.6) is 0 Å². The summed E-state index contributed by atoms with van der Waals surface area (Å²) in [6.45, 7) is 0. The van der Waals surface area contributed by atoms with E-state index >= 15 is 0 Å². The zero-order chi connectivity index (χ0) is 27.0. The van der Waals surface area contributed by atoms with E-state index in [0.29, 0.717) is 11.8 Å². The molecule has 0 spiro atoms. The van der Waals surface area contributed by atoms with Crippen molar-refractivity contribution in [1.82, 2.24) is 15.0 Å². The molecular weight excluding hydrogens is 637 g/mol. The lowest BCUT2D eigenvalue weighted by Crippen LogP contribution is -2.56. The molecule has 2 atom stereocenters. The van der Waals surface area contributed by atoms with Gasteiger partial charge in [0.2, 0.25) is 7.59 Å². The number of nitrogens with zero attached hydrogens (tertiary/aromatic N) is 3. The minimum atomic E-state index is -6.12. The van der Waals surface area contributed by atoms with Gasteiger partial charge in [-0.25, -0.2) is 28.1 Å². The largest absolute Gasteiger partial charge is 0.481 e. The molecule has 1 heterocycles. The first kappa shape index (κ1) is 30.6. The minimum Gasteiger partial charge on any atom is -0.481 e. The Bertz CT molecular complexity index is 1040. The molecule has 0 saturated carbocycles. The van der Waals surface area contributed by atoms with Crippen LogP contribution in [0.15, 0.2) is 29.2 Å². The topological polar surface area (TPSA) is 76.0 Å². The first-order valence-corrected chi connectivity index (χ1v) is 11.9. The fourth-order valence-corrected chi connectivity index (χ4v) is 4.06. The zero-order valence-electron chi connectivity index (χ0n) is 16.3. The Hall–Kier alpha value is -0.630. The molecule has 0 fully saturated rings. The number of benzene rings is 1. The molecule has 18 heteroatoms. The van der Waals surface area contributed by atoms with Gasteiger partial charge in [0.1, 0.15) is 5.92 Å². The summed E-state index contributed by atoms with van der Waals surface area (Å²) in [5.41, 5.74) is -5.04. The lowest BCUT2D eigenvalue weighted by Gasteiger charge is -2.32. The van der Waals surface area contributed by atoms with Crippen LogP contribution < -0.4 is 0 Å². The van der Waals surface area contributed by atoms with E-state index in [1.165, 1.54) is 24.3 Å². The summed E-state index contributed by atoms with van der Waals surface area (Å²) >= 11 is 35.1. The van der Waals surface area contributed by atoms with Gasteiger partial charge in [-0.2, -0.15) is 13.2 Å². The number of hydrogen-bond donors (Lipinski definition) is 1. The zero-order valence-corrected chi connectivity index (χ0v) is 21.7. The van der Waals surface area contributed by atoms with Crippen molar-refractivity contribution in [1.29, 1.82) is 0 Å². The van der Waals surface area contributed by atoms with Crippen molar-refractivity contribution < 1.29 is 36.2 Å². The van der Waals surface area contributed by atoms with Crippen molar-refractivity contribution in [2.24, 2.45) is 5.92 Å².